The fourth-order valence-electron chi connectivity index (χ4n) is 1.13. The maximum Gasteiger partial charge on any atom is 0.293 e. The summed E-state index contributed by atoms with van der Waals surface area (Å²) < 4.78 is 22.5. The number of carbonyl (C=O) groups excluding carboxylic acids is 1. The number of carbonyl (C=O) groups is 1. The van der Waals surface area contributed by atoms with E-state index in [0.717, 1.165) is 18.4 Å². The first-order valence-electron chi connectivity index (χ1n) is 4.52. The predicted molar refractivity (Wildman–Crippen MR) is 62.3 cm³/mol. The number of nitro benzene ring substituents is 1. The van der Waals surface area contributed by atoms with Gasteiger partial charge in [-0.2, -0.15) is 0 Å². The van der Waals surface area contributed by atoms with Gasteiger partial charge in [0.25, 0.3) is 11.6 Å². The van der Waals surface area contributed by atoms with E-state index < -0.39 is 26.4 Å². The molecule has 7 nitrogen and oxygen atoms in total. The molecule has 0 radical (unpaired) electrons. The molecular formula is C10H8N2O5S. The molecule has 18 heavy (non-hydrogen) atoms. The first-order valence-corrected chi connectivity index (χ1v) is 6.41. The molecule has 94 valence electrons. The van der Waals surface area contributed by atoms with Gasteiger partial charge in [0.2, 0.25) is 0 Å². The van der Waals surface area contributed by atoms with Crippen LogP contribution in [-0.2, 0) is 14.6 Å². The summed E-state index contributed by atoms with van der Waals surface area (Å²) >= 11 is 0. The standard InChI is InChI=1S/C10H8N2O5S/c1-18(16,17)8-4-2-7(3-5-10(11)13)9(6-8)12(14)15/h2,4,6H,1H3,(H2,11,13). The molecule has 0 bridgehead atoms. The number of hydrogen-bond donors (Lipinski definition) is 1. The molecule has 0 fully saturated rings. The lowest BCUT2D eigenvalue weighted by atomic mass is 10.2. The highest BCUT2D eigenvalue weighted by Crippen LogP contribution is 2.22. The Morgan fingerprint density at radius 3 is 2.50 bits per heavy atom. The van der Waals surface area contributed by atoms with Crippen molar-refractivity contribution in [2.45, 2.75) is 4.90 Å². The van der Waals surface area contributed by atoms with E-state index >= 15 is 0 Å². The highest BCUT2D eigenvalue weighted by molar-refractivity contribution is 7.90. The van der Waals surface area contributed by atoms with Gasteiger partial charge in [0, 0.05) is 18.2 Å². The van der Waals surface area contributed by atoms with Crippen LogP contribution in [0, 0.1) is 22.0 Å². The van der Waals surface area contributed by atoms with Crippen molar-refractivity contribution in [1.82, 2.24) is 0 Å². The Balaban J connectivity index is 3.45. The molecule has 0 atom stereocenters. The van der Waals surface area contributed by atoms with E-state index in [1.54, 1.807) is 0 Å². The van der Waals surface area contributed by atoms with E-state index in [4.69, 9.17) is 5.73 Å². The molecular weight excluding hydrogens is 260 g/mol. The minimum absolute atomic E-state index is 0.0776. The molecule has 0 aliphatic carbocycles. The SMILES string of the molecule is CS(=O)(=O)c1ccc(C#CC(N)=O)c([N+](=O)[O-])c1. The molecule has 1 amide bonds. The van der Waals surface area contributed by atoms with E-state index in [1.807, 2.05) is 5.92 Å². The first-order chi connectivity index (χ1) is 8.21. The summed E-state index contributed by atoms with van der Waals surface area (Å²) in [5.41, 5.74) is 4.22. The van der Waals surface area contributed by atoms with Gasteiger partial charge in [-0.1, -0.05) is 0 Å². The lowest BCUT2D eigenvalue weighted by Gasteiger charge is -2.00. The Morgan fingerprint density at radius 1 is 1.44 bits per heavy atom. The lowest BCUT2D eigenvalue weighted by molar-refractivity contribution is -0.385. The Kier molecular flexibility index (Phi) is 3.68. The maximum atomic E-state index is 11.3. The van der Waals surface area contributed by atoms with Crippen LogP contribution >= 0.6 is 0 Å². The molecule has 1 rings (SSSR count). The van der Waals surface area contributed by atoms with Crippen molar-refractivity contribution in [3.8, 4) is 11.8 Å². The van der Waals surface area contributed by atoms with Gasteiger partial charge in [-0.15, -0.1) is 0 Å². The summed E-state index contributed by atoms with van der Waals surface area (Å²) in [7, 11) is -3.55. The van der Waals surface area contributed by atoms with Crippen molar-refractivity contribution in [2.24, 2.45) is 5.73 Å². The van der Waals surface area contributed by atoms with Crippen molar-refractivity contribution in [1.29, 1.82) is 0 Å². The summed E-state index contributed by atoms with van der Waals surface area (Å²) in [5, 5.41) is 10.8. The first kappa shape index (κ1) is 13.7. The van der Waals surface area contributed by atoms with Crippen molar-refractivity contribution < 1.29 is 18.1 Å². The zero-order chi connectivity index (χ0) is 13.9. The van der Waals surface area contributed by atoms with E-state index in [9.17, 15) is 23.3 Å². The molecule has 1 aromatic rings. The van der Waals surface area contributed by atoms with Gasteiger partial charge in [0.1, 0.15) is 5.56 Å². The van der Waals surface area contributed by atoms with Crippen LogP contribution in [0.4, 0.5) is 5.69 Å². The predicted octanol–water partition coefficient (Wildman–Crippen LogP) is -0.165. The van der Waals surface area contributed by atoms with Crippen molar-refractivity contribution in [3.63, 3.8) is 0 Å². The third kappa shape index (κ3) is 3.29. The fourth-order valence-corrected chi connectivity index (χ4v) is 1.77. The average molecular weight is 268 g/mol. The van der Waals surface area contributed by atoms with Gasteiger partial charge in [-0.3, -0.25) is 14.9 Å². The summed E-state index contributed by atoms with van der Waals surface area (Å²) in [6.07, 6.45) is 0.931. The monoisotopic (exact) mass is 268 g/mol. The van der Waals surface area contributed by atoms with Crippen LogP contribution in [-0.4, -0.2) is 25.5 Å². The smallest absolute Gasteiger partial charge is 0.293 e. The van der Waals surface area contributed by atoms with Crippen LogP contribution in [0.5, 0.6) is 0 Å². The lowest BCUT2D eigenvalue weighted by Crippen LogP contribution is -2.06. The maximum absolute atomic E-state index is 11.3. The van der Waals surface area contributed by atoms with Crippen LogP contribution in [0.2, 0.25) is 0 Å². The quantitative estimate of drug-likeness (QED) is 0.453. The summed E-state index contributed by atoms with van der Waals surface area (Å²) in [6, 6.07) is 3.22. The zero-order valence-corrected chi connectivity index (χ0v) is 10.0. The number of nitrogens with zero attached hydrogens (tertiary/aromatic N) is 1. The van der Waals surface area contributed by atoms with Crippen molar-refractivity contribution in [2.75, 3.05) is 6.26 Å². The van der Waals surface area contributed by atoms with E-state index in [-0.39, 0.29) is 10.5 Å². The number of benzene rings is 1. The Labute approximate surface area is 103 Å². The fraction of sp³-hybridized carbons (Fsp3) is 0.100. The van der Waals surface area contributed by atoms with Gasteiger partial charge in [0.05, 0.1) is 9.82 Å². The number of primary amides is 1. The van der Waals surface area contributed by atoms with Crippen LogP contribution in [0.25, 0.3) is 0 Å². The highest BCUT2D eigenvalue weighted by Gasteiger charge is 2.17. The molecule has 0 heterocycles. The van der Waals surface area contributed by atoms with Crippen molar-refractivity contribution >= 4 is 21.4 Å². The van der Waals surface area contributed by atoms with E-state index in [0.29, 0.717) is 0 Å². The second kappa shape index (κ2) is 4.85. The third-order valence-corrected chi connectivity index (χ3v) is 3.02. The number of sulfone groups is 1. The molecule has 2 N–H and O–H groups in total. The number of amides is 1. The van der Waals surface area contributed by atoms with Gasteiger partial charge < -0.3 is 5.73 Å². The largest absolute Gasteiger partial charge is 0.359 e. The minimum Gasteiger partial charge on any atom is -0.359 e. The van der Waals surface area contributed by atoms with Crippen LogP contribution in [0.3, 0.4) is 0 Å². The minimum atomic E-state index is -3.55. The molecule has 1 aromatic carbocycles. The molecule has 0 saturated heterocycles. The second-order valence-electron chi connectivity index (χ2n) is 3.32. The summed E-state index contributed by atoms with van der Waals surface area (Å²) in [5.74, 6) is 3.23. The number of hydrogen-bond acceptors (Lipinski definition) is 5. The Morgan fingerprint density at radius 2 is 2.06 bits per heavy atom. The van der Waals surface area contributed by atoms with Crippen LogP contribution < -0.4 is 5.73 Å². The Bertz CT molecular complexity index is 682. The third-order valence-electron chi connectivity index (χ3n) is 1.91. The molecule has 0 aliphatic rings. The van der Waals surface area contributed by atoms with Crippen LogP contribution in [0.15, 0.2) is 23.1 Å². The van der Waals surface area contributed by atoms with Gasteiger partial charge in [-0.05, 0) is 18.1 Å². The summed E-state index contributed by atoms with van der Waals surface area (Å²) in [6.45, 7) is 0. The van der Waals surface area contributed by atoms with Crippen molar-refractivity contribution in [3.05, 3.63) is 33.9 Å². The number of nitro groups is 1. The average Bonchev–Trinajstić information content (AvgIpc) is 2.24. The number of nitrogens with two attached hydrogens (primary N) is 1. The van der Waals surface area contributed by atoms with E-state index in [1.165, 1.54) is 6.07 Å². The van der Waals surface area contributed by atoms with Gasteiger partial charge in [0.15, 0.2) is 9.84 Å². The normalized spacial score (nSPS) is 10.3. The summed E-state index contributed by atoms with van der Waals surface area (Å²) in [4.78, 5) is 20.3. The molecule has 0 spiro atoms. The molecule has 0 aliphatic heterocycles. The molecule has 8 heteroatoms. The van der Waals surface area contributed by atoms with Crippen LogP contribution in [0.1, 0.15) is 5.56 Å². The highest BCUT2D eigenvalue weighted by atomic mass is 32.2. The number of rotatable bonds is 2. The second-order valence-corrected chi connectivity index (χ2v) is 5.34. The van der Waals surface area contributed by atoms with E-state index in [2.05, 4.69) is 5.92 Å². The molecule has 0 unspecified atom stereocenters. The zero-order valence-electron chi connectivity index (χ0n) is 9.21. The van der Waals surface area contributed by atoms with Gasteiger partial charge in [-0.25, -0.2) is 8.42 Å². The Hall–Kier alpha value is -2.40. The molecule has 0 aromatic heterocycles. The topological polar surface area (TPSA) is 120 Å². The molecule has 0 saturated carbocycles. The van der Waals surface area contributed by atoms with Gasteiger partial charge >= 0.3 is 0 Å².